The number of nitrogens with zero attached hydrogens (tertiary/aromatic N) is 2. The van der Waals surface area contributed by atoms with Crippen LogP contribution in [0.2, 0.25) is 0 Å². The van der Waals surface area contributed by atoms with Crippen molar-refractivity contribution in [1.29, 1.82) is 0 Å². The summed E-state index contributed by atoms with van der Waals surface area (Å²) in [6, 6.07) is 10.1. The largest absolute Gasteiger partial charge is 0.469 e. The zero-order valence-electron chi connectivity index (χ0n) is 10.9. The van der Waals surface area contributed by atoms with Crippen LogP contribution in [0.15, 0.2) is 36.5 Å². The van der Waals surface area contributed by atoms with Crippen LogP contribution in [0.3, 0.4) is 0 Å². The van der Waals surface area contributed by atoms with E-state index in [1.807, 2.05) is 30.5 Å². The summed E-state index contributed by atoms with van der Waals surface area (Å²) in [6.45, 7) is 1.61. The van der Waals surface area contributed by atoms with Crippen molar-refractivity contribution in [1.82, 2.24) is 4.98 Å². The number of esters is 1. The molecule has 19 heavy (non-hydrogen) atoms. The summed E-state index contributed by atoms with van der Waals surface area (Å²) in [6.07, 6.45) is 2.67. The quantitative estimate of drug-likeness (QED) is 0.773. The van der Waals surface area contributed by atoms with Crippen LogP contribution in [0, 0.1) is 5.92 Å². The topological polar surface area (TPSA) is 42.4 Å². The zero-order valence-corrected chi connectivity index (χ0v) is 10.9. The van der Waals surface area contributed by atoms with E-state index in [-0.39, 0.29) is 11.9 Å². The first kappa shape index (κ1) is 12.0. The third kappa shape index (κ3) is 2.14. The Morgan fingerprint density at radius 3 is 3.05 bits per heavy atom. The Morgan fingerprint density at radius 1 is 1.37 bits per heavy atom. The second-order valence-corrected chi connectivity index (χ2v) is 4.80. The van der Waals surface area contributed by atoms with Gasteiger partial charge in [0, 0.05) is 30.4 Å². The van der Waals surface area contributed by atoms with Crippen molar-refractivity contribution in [3.05, 3.63) is 36.5 Å². The number of benzene rings is 1. The van der Waals surface area contributed by atoms with Gasteiger partial charge in [0.25, 0.3) is 0 Å². The summed E-state index contributed by atoms with van der Waals surface area (Å²) >= 11 is 0. The van der Waals surface area contributed by atoms with E-state index in [0.717, 1.165) is 36.1 Å². The van der Waals surface area contributed by atoms with E-state index >= 15 is 0 Å². The Hall–Kier alpha value is -2.10. The van der Waals surface area contributed by atoms with Crippen molar-refractivity contribution in [3.8, 4) is 0 Å². The number of para-hydroxylation sites is 1. The van der Waals surface area contributed by atoms with E-state index in [1.54, 1.807) is 0 Å². The molecule has 1 aliphatic rings. The van der Waals surface area contributed by atoms with Gasteiger partial charge in [-0.15, -0.1) is 0 Å². The highest BCUT2D eigenvalue weighted by Crippen LogP contribution is 2.30. The Kier molecular flexibility index (Phi) is 3.07. The summed E-state index contributed by atoms with van der Waals surface area (Å²) in [5.41, 5.74) is 2.14. The number of rotatable bonds is 2. The van der Waals surface area contributed by atoms with E-state index in [4.69, 9.17) is 4.74 Å². The summed E-state index contributed by atoms with van der Waals surface area (Å²) < 4.78 is 4.83. The summed E-state index contributed by atoms with van der Waals surface area (Å²) in [7, 11) is 1.45. The molecule has 1 unspecified atom stereocenters. The number of hydrogen-bond acceptors (Lipinski definition) is 4. The molecule has 0 radical (unpaired) electrons. The fraction of sp³-hybridized carbons (Fsp3) is 0.333. The van der Waals surface area contributed by atoms with Crippen LogP contribution in [0.1, 0.15) is 6.42 Å². The van der Waals surface area contributed by atoms with Crippen molar-refractivity contribution in [3.63, 3.8) is 0 Å². The van der Waals surface area contributed by atoms with Crippen LogP contribution in [0.5, 0.6) is 0 Å². The van der Waals surface area contributed by atoms with Crippen molar-refractivity contribution in [2.45, 2.75) is 6.42 Å². The maximum Gasteiger partial charge on any atom is 0.310 e. The number of fused-ring (bicyclic) bond motifs is 1. The lowest BCUT2D eigenvalue weighted by Crippen LogP contribution is -2.23. The number of aromatic nitrogens is 1. The lowest BCUT2D eigenvalue weighted by atomic mass is 10.1. The summed E-state index contributed by atoms with van der Waals surface area (Å²) in [5.74, 6) is -0.127. The molecule has 0 aliphatic carbocycles. The van der Waals surface area contributed by atoms with Gasteiger partial charge >= 0.3 is 5.97 Å². The second-order valence-electron chi connectivity index (χ2n) is 4.80. The van der Waals surface area contributed by atoms with Gasteiger partial charge in [-0.2, -0.15) is 0 Å². The maximum absolute atomic E-state index is 11.6. The molecule has 98 valence electrons. The highest BCUT2D eigenvalue weighted by Gasteiger charge is 2.29. The molecule has 4 heteroatoms. The lowest BCUT2D eigenvalue weighted by Gasteiger charge is -2.20. The molecule has 1 aromatic heterocycles. The van der Waals surface area contributed by atoms with E-state index < -0.39 is 0 Å². The normalized spacial score (nSPS) is 18.8. The highest BCUT2D eigenvalue weighted by atomic mass is 16.5. The monoisotopic (exact) mass is 256 g/mol. The first-order valence-corrected chi connectivity index (χ1v) is 6.46. The fourth-order valence-electron chi connectivity index (χ4n) is 2.69. The SMILES string of the molecule is COC(=O)C1CCN(c2ccnc3ccccc23)C1. The Labute approximate surface area is 112 Å². The first-order valence-electron chi connectivity index (χ1n) is 6.46. The van der Waals surface area contributed by atoms with Crippen LogP contribution in [0.4, 0.5) is 5.69 Å². The van der Waals surface area contributed by atoms with Crippen LogP contribution in [-0.2, 0) is 9.53 Å². The number of pyridine rings is 1. The molecule has 0 saturated carbocycles. The molecule has 1 atom stereocenters. The molecule has 0 N–H and O–H groups in total. The minimum absolute atomic E-state index is 0.0167. The molecule has 3 rings (SSSR count). The average molecular weight is 256 g/mol. The fourth-order valence-corrected chi connectivity index (χ4v) is 2.69. The van der Waals surface area contributed by atoms with E-state index in [9.17, 15) is 4.79 Å². The van der Waals surface area contributed by atoms with Gasteiger partial charge in [0.15, 0.2) is 0 Å². The molecule has 0 bridgehead atoms. The van der Waals surface area contributed by atoms with Gasteiger partial charge in [-0.1, -0.05) is 18.2 Å². The van der Waals surface area contributed by atoms with Crippen LogP contribution in [0.25, 0.3) is 10.9 Å². The van der Waals surface area contributed by atoms with Crippen LogP contribution >= 0.6 is 0 Å². The molecule has 0 spiro atoms. The molecule has 4 nitrogen and oxygen atoms in total. The van der Waals surface area contributed by atoms with E-state index in [0.29, 0.717) is 0 Å². The molecule has 1 aliphatic heterocycles. The van der Waals surface area contributed by atoms with Crippen molar-refractivity contribution >= 4 is 22.6 Å². The smallest absolute Gasteiger partial charge is 0.310 e. The minimum atomic E-state index is -0.110. The predicted molar refractivity (Wildman–Crippen MR) is 74.1 cm³/mol. The average Bonchev–Trinajstić information content (AvgIpc) is 2.95. The molecule has 1 fully saturated rings. The molecular formula is C15H16N2O2. The van der Waals surface area contributed by atoms with Crippen LogP contribution in [-0.4, -0.2) is 31.2 Å². The van der Waals surface area contributed by atoms with Gasteiger partial charge in [-0.05, 0) is 18.6 Å². The molecule has 2 heterocycles. The number of carbonyl (C=O) groups excluding carboxylic acids is 1. The Morgan fingerprint density at radius 2 is 2.21 bits per heavy atom. The first-order chi connectivity index (χ1) is 9.29. The van der Waals surface area contributed by atoms with Gasteiger partial charge in [0.2, 0.25) is 0 Å². The van der Waals surface area contributed by atoms with Gasteiger partial charge in [0.1, 0.15) is 0 Å². The second kappa shape index (κ2) is 4.88. The van der Waals surface area contributed by atoms with Crippen molar-refractivity contribution in [2.24, 2.45) is 5.92 Å². The Balaban J connectivity index is 1.92. The van der Waals surface area contributed by atoms with Gasteiger partial charge in [0.05, 0.1) is 18.5 Å². The number of hydrogen-bond donors (Lipinski definition) is 0. The van der Waals surface area contributed by atoms with Gasteiger partial charge in [-0.25, -0.2) is 0 Å². The predicted octanol–water partition coefficient (Wildman–Crippen LogP) is 2.23. The number of carbonyl (C=O) groups is 1. The molecule has 0 amide bonds. The molecular weight excluding hydrogens is 240 g/mol. The lowest BCUT2D eigenvalue weighted by molar-refractivity contribution is -0.144. The highest BCUT2D eigenvalue weighted by molar-refractivity contribution is 5.91. The van der Waals surface area contributed by atoms with E-state index in [2.05, 4.69) is 16.0 Å². The third-order valence-corrected chi connectivity index (χ3v) is 3.69. The zero-order chi connectivity index (χ0) is 13.2. The summed E-state index contributed by atoms with van der Waals surface area (Å²) in [4.78, 5) is 18.2. The third-order valence-electron chi connectivity index (χ3n) is 3.69. The molecule has 2 aromatic rings. The van der Waals surface area contributed by atoms with Gasteiger partial charge < -0.3 is 9.64 Å². The minimum Gasteiger partial charge on any atom is -0.469 e. The summed E-state index contributed by atoms with van der Waals surface area (Å²) in [5, 5.41) is 1.13. The Bertz CT molecular complexity index is 607. The molecule has 1 saturated heterocycles. The number of anilines is 1. The number of methoxy groups -OCH3 is 1. The maximum atomic E-state index is 11.6. The standard InChI is InChI=1S/C15H16N2O2/c1-19-15(18)11-7-9-17(10-11)14-6-8-16-13-5-3-2-4-12(13)14/h2-6,8,11H,7,9-10H2,1H3. The van der Waals surface area contributed by atoms with E-state index in [1.165, 1.54) is 7.11 Å². The number of ether oxygens (including phenoxy) is 1. The van der Waals surface area contributed by atoms with Crippen molar-refractivity contribution < 1.29 is 9.53 Å². The van der Waals surface area contributed by atoms with Crippen LogP contribution < -0.4 is 4.90 Å². The van der Waals surface area contributed by atoms with Gasteiger partial charge in [-0.3, -0.25) is 9.78 Å². The molecule has 1 aromatic carbocycles. The van der Waals surface area contributed by atoms with Crippen molar-refractivity contribution in [2.75, 3.05) is 25.1 Å².